The van der Waals surface area contributed by atoms with E-state index >= 15 is 0 Å². The Morgan fingerprint density at radius 3 is 2.33 bits per heavy atom. The highest BCUT2D eigenvalue weighted by molar-refractivity contribution is 5.47. The van der Waals surface area contributed by atoms with Gasteiger partial charge in [-0.25, -0.2) is 8.78 Å². The zero-order chi connectivity index (χ0) is 9.30. The zero-order valence-electron chi connectivity index (χ0n) is 6.20. The molecule has 0 aliphatic rings. The molecule has 0 unspecified atom stereocenters. The fraction of sp³-hybridized carbons (Fsp3) is 0.143. The number of nitrogen functional groups attached to an aromatic ring is 1. The van der Waals surface area contributed by atoms with E-state index in [1.54, 1.807) is 0 Å². The Labute approximate surface area is 66.7 Å². The van der Waals surface area contributed by atoms with Crippen molar-refractivity contribution in [2.75, 3.05) is 12.8 Å². The fourth-order valence-electron chi connectivity index (χ4n) is 0.778. The third kappa shape index (κ3) is 1.17. The summed E-state index contributed by atoms with van der Waals surface area (Å²) in [5.41, 5.74) is 4.52. The van der Waals surface area contributed by atoms with Gasteiger partial charge >= 0.3 is 0 Å². The topological polar surface area (TPSA) is 35.2 Å². The van der Waals surface area contributed by atoms with Gasteiger partial charge < -0.3 is 10.5 Å². The summed E-state index contributed by atoms with van der Waals surface area (Å²) in [6.45, 7) is 0. The second-order valence-corrected chi connectivity index (χ2v) is 2.11. The Kier molecular flexibility index (Phi) is 2.12. The van der Waals surface area contributed by atoms with Gasteiger partial charge in [0, 0.05) is 6.07 Å². The van der Waals surface area contributed by atoms with E-state index in [0.717, 1.165) is 7.11 Å². The van der Waals surface area contributed by atoms with Gasteiger partial charge in [-0.05, 0) is 0 Å². The summed E-state index contributed by atoms with van der Waals surface area (Å²) in [6, 6.07) is 0.563. The fourth-order valence-corrected chi connectivity index (χ4v) is 0.778. The van der Waals surface area contributed by atoms with Crippen molar-refractivity contribution in [3.05, 3.63) is 23.5 Å². The number of rotatable bonds is 1. The van der Waals surface area contributed by atoms with Gasteiger partial charge in [0.1, 0.15) is 0 Å². The number of ether oxygens (including phenoxy) is 1. The lowest BCUT2D eigenvalue weighted by Gasteiger charge is -2.05. The van der Waals surface area contributed by atoms with Crippen molar-refractivity contribution in [2.45, 2.75) is 0 Å². The molecule has 2 N–H and O–H groups in total. The zero-order valence-corrected chi connectivity index (χ0v) is 6.20. The van der Waals surface area contributed by atoms with Gasteiger partial charge in [-0.3, -0.25) is 0 Å². The number of hydrogen-bond acceptors (Lipinski definition) is 2. The predicted molar refractivity (Wildman–Crippen MR) is 37.3 cm³/mol. The molecular formula is C7H6F3NO. The van der Waals surface area contributed by atoms with Crippen molar-refractivity contribution in [1.29, 1.82) is 0 Å². The first-order chi connectivity index (χ1) is 5.57. The first-order valence-electron chi connectivity index (χ1n) is 3.05. The van der Waals surface area contributed by atoms with E-state index in [1.165, 1.54) is 0 Å². The van der Waals surface area contributed by atoms with Gasteiger partial charge in [0.15, 0.2) is 17.4 Å². The summed E-state index contributed by atoms with van der Waals surface area (Å²) >= 11 is 0. The Morgan fingerprint density at radius 2 is 1.83 bits per heavy atom. The van der Waals surface area contributed by atoms with Crippen LogP contribution in [0.1, 0.15) is 0 Å². The summed E-state index contributed by atoms with van der Waals surface area (Å²) in [5, 5.41) is 0. The molecule has 0 aliphatic heterocycles. The number of methoxy groups -OCH3 is 1. The van der Waals surface area contributed by atoms with Crippen LogP contribution in [0.4, 0.5) is 18.9 Å². The van der Waals surface area contributed by atoms with Crippen molar-refractivity contribution in [2.24, 2.45) is 0 Å². The minimum atomic E-state index is -1.37. The van der Waals surface area contributed by atoms with Gasteiger partial charge in [0.25, 0.3) is 0 Å². The Balaban J connectivity index is 3.42. The third-order valence-electron chi connectivity index (χ3n) is 1.35. The van der Waals surface area contributed by atoms with Crippen molar-refractivity contribution in [1.82, 2.24) is 0 Å². The monoisotopic (exact) mass is 177 g/mol. The third-order valence-corrected chi connectivity index (χ3v) is 1.35. The van der Waals surface area contributed by atoms with Crippen LogP contribution in [0.5, 0.6) is 5.75 Å². The summed E-state index contributed by atoms with van der Waals surface area (Å²) in [7, 11) is 1.03. The van der Waals surface area contributed by atoms with Crippen LogP contribution in [-0.4, -0.2) is 7.11 Å². The van der Waals surface area contributed by atoms with Crippen LogP contribution in [-0.2, 0) is 0 Å². The molecule has 1 aromatic carbocycles. The van der Waals surface area contributed by atoms with E-state index < -0.39 is 28.9 Å². The highest BCUT2D eigenvalue weighted by Gasteiger charge is 2.17. The van der Waals surface area contributed by atoms with Crippen LogP contribution in [0.25, 0.3) is 0 Å². The van der Waals surface area contributed by atoms with Gasteiger partial charge in [0.05, 0.1) is 12.8 Å². The summed E-state index contributed by atoms with van der Waals surface area (Å²) in [6.07, 6.45) is 0. The molecule has 12 heavy (non-hydrogen) atoms. The lowest BCUT2D eigenvalue weighted by Crippen LogP contribution is -2.00. The second kappa shape index (κ2) is 2.92. The standard InChI is InChI=1S/C7H6F3NO/c1-12-7-5(9)3(8)2-4(11)6(7)10/h2H,11H2,1H3. The van der Waals surface area contributed by atoms with Crippen LogP contribution in [0.2, 0.25) is 0 Å². The summed E-state index contributed by atoms with van der Waals surface area (Å²) in [5.74, 6) is -4.49. The van der Waals surface area contributed by atoms with Crippen LogP contribution in [0.15, 0.2) is 6.07 Å². The predicted octanol–water partition coefficient (Wildman–Crippen LogP) is 1.69. The van der Waals surface area contributed by atoms with E-state index in [9.17, 15) is 13.2 Å². The molecule has 0 heterocycles. The number of benzene rings is 1. The molecule has 2 nitrogen and oxygen atoms in total. The molecular weight excluding hydrogens is 171 g/mol. The maximum absolute atomic E-state index is 12.8. The molecule has 0 saturated carbocycles. The maximum atomic E-state index is 12.8. The quantitative estimate of drug-likeness (QED) is 0.523. The lowest BCUT2D eigenvalue weighted by atomic mass is 10.2. The molecule has 0 radical (unpaired) electrons. The minimum Gasteiger partial charge on any atom is -0.491 e. The minimum absolute atomic E-state index is 0.481. The molecule has 1 aromatic rings. The highest BCUT2D eigenvalue weighted by Crippen LogP contribution is 2.27. The van der Waals surface area contributed by atoms with E-state index in [0.29, 0.717) is 6.07 Å². The molecule has 0 saturated heterocycles. The van der Waals surface area contributed by atoms with Crippen molar-refractivity contribution in [3.8, 4) is 5.75 Å². The Hall–Kier alpha value is -1.39. The van der Waals surface area contributed by atoms with Gasteiger partial charge in [-0.1, -0.05) is 0 Å². The molecule has 0 fully saturated rings. The Bertz CT molecular complexity index is 288. The number of halogens is 3. The Morgan fingerprint density at radius 1 is 1.25 bits per heavy atom. The van der Waals surface area contributed by atoms with Crippen LogP contribution in [0, 0.1) is 17.5 Å². The largest absolute Gasteiger partial charge is 0.491 e. The molecule has 1 rings (SSSR count). The number of hydrogen-bond donors (Lipinski definition) is 1. The van der Waals surface area contributed by atoms with Crippen molar-refractivity contribution in [3.63, 3.8) is 0 Å². The maximum Gasteiger partial charge on any atom is 0.203 e. The second-order valence-electron chi connectivity index (χ2n) is 2.11. The molecule has 66 valence electrons. The van der Waals surface area contributed by atoms with Crippen LogP contribution >= 0.6 is 0 Å². The highest BCUT2D eigenvalue weighted by atomic mass is 19.2. The number of anilines is 1. The smallest absolute Gasteiger partial charge is 0.203 e. The van der Waals surface area contributed by atoms with E-state index in [4.69, 9.17) is 5.73 Å². The van der Waals surface area contributed by atoms with Gasteiger partial charge in [0.2, 0.25) is 5.82 Å². The molecule has 0 bridgehead atoms. The molecule has 0 aliphatic carbocycles. The average Bonchev–Trinajstić information content (AvgIpc) is 2.02. The average molecular weight is 177 g/mol. The van der Waals surface area contributed by atoms with E-state index in [-0.39, 0.29) is 0 Å². The molecule has 0 amide bonds. The summed E-state index contributed by atoms with van der Waals surface area (Å²) < 4.78 is 42.2. The van der Waals surface area contributed by atoms with Crippen LogP contribution in [0.3, 0.4) is 0 Å². The van der Waals surface area contributed by atoms with Gasteiger partial charge in [-0.2, -0.15) is 4.39 Å². The number of nitrogens with two attached hydrogens (primary N) is 1. The molecule has 5 heteroatoms. The van der Waals surface area contributed by atoms with E-state index in [2.05, 4.69) is 4.74 Å². The first-order valence-corrected chi connectivity index (χ1v) is 3.05. The van der Waals surface area contributed by atoms with Crippen molar-refractivity contribution < 1.29 is 17.9 Å². The van der Waals surface area contributed by atoms with Crippen LogP contribution < -0.4 is 10.5 Å². The molecule has 0 atom stereocenters. The van der Waals surface area contributed by atoms with Crippen molar-refractivity contribution >= 4 is 5.69 Å². The van der Waals surface area contributed by atoms with Gasteiger partial charge in [-0.15, -0.1) is 0 Å². The SMILES string of the molecule is COc1c(F)c(N)cc(F)c1F. The molecule has 0 aromatic heterocycles. The lowest BCUT2D eigenvalue weighted by molar-refractivity contribution is 0.348. The summed E-state index contributed by atoms with van der Waals surface area (Å²) in [4.78, 5) is 0. The first kappa shape index (κ1) is 8.70. The normalized spacial score (nSPS) is 10.0. The van der Waals surface area contributed by atoms with E-state index in [1.807, 2.05) is 0 Å². The molecule has 0 spiro atoms.